The second kappa shape index (κ2) is 9.36. The first-order chi connectivity index (χ1) is 16.9. The normalized spacial score (nSPS) is 15.7. The van der Waals surface area contributed by atoms with Gasteiger partial charge < -0.3 is 15.6 Å². The first-order valence-electron chi connectivity index (χ1n) is 11.5. The zero-order chi connectivity index (χ0) is 24.4. The number of alkyl halides is 2. The lowest BCUT2D eigenvalue weighted by Gasteiger charge is -2.27. The molecule has 5 rings (SSSR count). The van der Waals surface area contributed by atoms with Gasteiger partial charge in [-0.1, -0.05) is 6.07 Å². The molecule has 0 saturated heterocycles. The van der Waals surface area contributed by atoms with Crippen LogP contribution in [0.15, 0.2) is 49.2 Å². The number of imidazole rings is 1. The predicted octanol–water partition coefficient (Wildman–Crippen LogP) is 5.62. The summed E-state index contributed by atoms with van der Waals surface area (Å²) in [6.07, 6.45) is 5.41. The van der Waals surface area contributed by atoms with Gasteiger partial charge in [0.25, 0.3) is 0 Å². The molecule has 35 heavy (non-hydrogen) atoms. The van der Waals surface area contributed by atoms with Crippen LogP contribution in [0, 0.1) is 12.8 Å². The topological polar surface area (TPSA) is 108 Å². The number of benzene rings is 1. The second-order valence-corrected chi connectivity index (χ2v) is 8.93. The van der Waals surface area contributed by atoms with Crippen LogP contribution in [-0.2, 0) is 4.79 Å². The van der Waals surface area contributed by atoms with E-state index in [1.165, 1.54) is 6.33 Å². The number of nitrogens with one attached hydrogen (secondary N) is 3. The monoisotopic (exact) mass is 477 g/mol. The van der Waals surface area contributed by atoms with Crippen LogP contribution >= 0.6 is 0 Å². The summed E-state index contributed by atoms with van der Waals surface area (Å²) in [6, 6.07) is 9.30. The van der Waals surface area contributed by atoms with Gasteiger partial charge in [0.15, 0.2) is 5.65 Å². The van der Waals surface area contributed by atoms with E-state index in [-0.39, 0.29) is 31.1 Å². The second-order valence-electron chi connectivity index (χ2n) is 8.93. The maximum Gasteiger partial charge on any atom is 0.248 e. The third-order valence-corrected chi connectivity index (χ3v) is 6.37. The number of nitrogens with zero attached hydrogens (tertiary/aromatic N) is 4. The molecule has 180 valence electrons. The van der Waals surface area contributed by atoms with E-state index < -0.39 is 5.92 Å². The van der Waals surface area contributed by atoms with Crippen molar-refractivity contribution < 1.29 is 13.6 Å². The summed E-state index contributed by atoms with van der Waals surface area (Å²) >= 11 is 0. The lowest BCUT2D eigenvalue weighted by Crippen LogP contribution is -2.27. The quantitative estimate of drug-likeness (QED) is 0.333. The molecule has 10 heteroatoms. The Kier molecular flexibility index (Phi) is 6.10. The Morgan fingerprint density at radius 3 is 2.80 bits per heavy atom. The first-order valence-corrected chi connectivity index (χ1v) is 11.5. The van der Waals surface area contributed by atoms with Crippen molar-refractivity contribution in [2.24, 2.45) is 5.92 Å². The van der Waals surface area contributed by atoms with Gasteiger partial charge in [-0.05, 0) is 55.5 Å². The van der Waals surface area contributed by atoms with Gasteiger partial charge in [-0.2, -0.15) is 0 Å². The Balaban J connectivity index is 1.33. The molecule has 0 bridgehead atoms. The fraction of sp³-hybridized carbons (Fsp3) is 0.320. The zero-order valence-electron chi connectivity index (χ0n) is 19.2. The van der Waals surface area contributed by atoms with Crippen molar-refractivity contribution in [1.29, 1.82) is 0 Å². The lowest BCUT2D eigenvalue weighted by molar-refractivity contribution is -0.118. The van der Waals surface area contributed by atoms with E-state index in [0.29, 0.717) is 41.2 Å². The van der Waals surface area contributed by atoms with Crippen molar-refractivity contribution in [3.05, 3.63) is 54.7 Å². The van der Waals surface area contributed by atoms with Crippen LogP contribution in [0.1, 0.15) is 37.7 Å². The molecule has 1 amide bonds. The van der Waals surface area contributed by atoms with E-state index in [1.54, 1.807) is 12.5 Å². The average Bonchev–Trinajstić information content (AvgIpc) is 3.32. The smallest absolute Gasteiger partial charge is 0.248 e. The SMILES string of the molecule is Cc1ccc(NC(=O)CC2CCC(F)(F)CC2)cc1Nc1ncccc1-c1ncnc2nc[nH]c12. The van der Waals surface area contributed by atoms with Gasteiger partial charge in [-0.15, -0.1) is 0 Å². The number of hydrogen-bond acceptors (Lipinski definition) is 6. The van der Waals surface area contributed by atoms with Crippen molar-refractivity contribution in [1.82, 2.24) is 24.9 Å². The highest BCUT2D eigenvalue weighted by molar-refractivity contribution is 5.93. The van der Waals surface area contributed by atoms with Crippen LogP contribution in [0.4, 0.5) is 26.0 Å². The number of pyridine rings is 1. The highest BCUT2D eigenvalue weighted by Crippen LogP contribution is 2.37. The van der Waals surface area contributed by atoms with Crippen molar-refractivity contribution >= 4 is 34.3 Å². The zero-order valence-corrected chi connectivity index (χ0v) is 19.2. The standard InChI is InChI=1S/C25H25F2N7O/c1-15-4-5-17(33-20(35)11-16-6-8-25(26,27)9-7-16)12-19(15)34-23-18(3-2-10-28-23)21-22-24(31-13-29-21)32-14-30-22/h2-5,10,12-14,16H,6-9,11H2,1H3,(H,28,34)(H,33,35)(H,29,30,31,32). The predicted molar refractivity (Wildman–Crippen MR) is 130 cm³/mol. The summed E-state index contributed by atoms with van der Waals surface area (Å²) in [6.45, 7) is 1.95. The van der Waals surface area contributed by atoms with E-state index in [0.717, 1.165) is 16.8 Å². The largest absolute Gasteiger partial charge is 0.341 e. The highest BCUT2D eigenvalue weighted by Gasteiger charge is 2.35. The average molecular weight is 478 g/mol. The molecular formula is C25H25F2N7O. The van der Waals surface area contributed by atoms with Crippen molar-refractivity contribution in [2.45, 2.75) is 45.0 Å². The molecule has 3 aromatic heterocycles. The summed E-state index contributed by atoms with van der Waals surface area (Å²) in [7, 11) is 0. The number of carbonyl (C=O) groups excluding carboxylic acids is 1. The molecule has 1 aliphatic rings. The maximum atomic E-state index is 13.4. The summed E-state index contributed by atoms with van der Waals surface area (Å²) < 4.78 is 26.8. The Labute approximate surface area is 200 Å². The molecule has 0 aliphatic heterocycles. The summed E-state index contributed by atoms with van der Waals surface area (Å²) in [5, 5.41) is 6.27. The van der Waals surface area contributed by atoms with E-state index in [2.05, 4.69) is 35.6 Å². The molecule has 3 N–H and O–H groups in total. The Bertz CT molecular complexity index is 1360. The number of fused-ring (bicyclic) bond motifs is 1. The molecule has 1 fully saturated rings. The first kappa shape index (κ1) is 22.8. The third-order valence-electron chi connectivity index (χ3n) is 6.37. The van der Waals surface area contributed by atoms with Crippen LogP contribution < -0.4 is 10.6 Å². The number of H-pyrrole nitrogens is 1. The van der Waals surface area contributed by atoms with Crippen molar-refractivity contribution in [3.8, 4) is 11.3 Å². The van der Waals surface area contributed by atoms with Crippen molar-refractivity contribution in [2.75, 3.05) is 10.6 Å². The number of aromatic nitrogens is 5. The van der Waals surface area contributed by atoms with Gasteiger partial charge in [0.1, 0.15) is 23.4 Å². The van der Waals surface area contributed by atoms with Gasteiger partial charge in [0.2, 0.25) is 11.8 Å². The van der Waals surface area contributed by atoms with Gasteiger partial charge in [0, 0.05) is 42.4 Å². The van der Waals surface area contributed by atoms with Crippen LogP contribution in [0.2, 0.25) is 0 Å². The molecule has 4 aromatic rings. The number of rotatable bonds is 6. The number of aryl methyl sites for hydroxylation is 1. The molecule has 8 nitrogen and oxygen atoms in total. The maximum absolute atomic E-state index is 13.4. The summed E-state index contributed by atoms with van der Waals surface area (Å²) in [4.78, 5) is 33.0. The Morgan fingerprint density at radius 2 is 1.97 bits per heavy atom. The number of aromatic amines is 1. The van der Waals surface area contributed by atoms with Crippen LogP contribution in [-0.4, -0.2) is 36.7 Å². The molecule has 0 spiro atoms. The molecule has 1 saturated carbocycles. The minimum Gasteiger partial charge on any atom is -0.341 e. The molecule has 1 aliphatic carbocycles. The van der Waals surface area contributed by atoms with E-state index in [1.807, 2.05) is 37.3 Å². The number of amides is 1. The molecule has 0 atom stereocenters. The minimum atomic E-state index is -2.59. The van der Waals surface area contributed by atoms with Gasteiger partial charge in [0.05, 0.1) is 6.33 Å². The van der Waals surface area contributed by atoms with Gasteiger partial charge >= 0.3 is 0 Å². The molecule has 0 radical (unpaired) electrons. The number of halogens is 2. The highest BCUT2D eigenvalue weighted by atomic mass is 19.3. The minimum absolute atomic E-state index is 0.0130. The van der Waals surface area contributed by atoms with Crippen LogP contribution in [0.3, 0.4) is 0 Å². The molecule has 3 heterocycles. The lowest BCUT2D eigenvalue weighted by atomic mass is 9.84. The number of anilines is 3. The van der Waals surface area contributed by atoms with Gasteiger partial charge in [-0.25, -0.2) is 28.7 Å². The fourth-order valence-electron chi connectivity index (χ4n) is 4.41. The fourth-order valence-corrected chi connectivity index (χ4v) is 4.41. The number of hydrogen-bond donors (Lipinski definition) is 3. The summed E-state index contributed by atoms with van der Waals surface area (Å²) in [5.41, 5.74) is 5.07. The third kappa shape index (κ3) is 5.11. The molecule has 0 unspecified atom stereocenters. The molecular weight excluding hydrogens is 452 g/mol. The van der Waals surface area contributed by atoms with Crippen molar-refractivity contribution in [3.63, 3.8) is 0 Å². The number of carbonyl (C=O) groups is 1. The molecule has 1 aromatic carbocycles. The van der Waals surface area contributed by atoms with E-state index >= 15 is 0 Å². The van der Waals surface area contributed by atoms with Crippen LogP contribution in [0.5, 0.6) is 0 Å². The van der Waals surface area contributed by atoms with E-state index in [4.69, 9.17) is 0 Å². The Morgan fingerprint density at radius 1 is 1.14 bits per heavy atom. The van der Waals surface area contributed by atoms with E-state index in [9.17, 15) is 13.6 Å². The van der Waals surface area contributed by atoms with Gasteiger partial charge in [-0.3, -0.25) is 4.79 Å². The summed E-state index contributed by atoms with van der Waals surface area (Å²) in [5.74, 6) is -2.18. The van der Waals surface area contributed by atoms with Crippen LogP contribution in [0.25, 0.3) is 22.4 Å². The Hall–Kier alpha value is -3.95.